The third kappa shape index (κ3) is 7.77. The Hall–Kier alpha value is -0.0800. The average molecular weight is 241 g/mol. The van der Waals surface area contributed by atoms with Crippen LogP contribution < -0.4 is 0 Å². The molecule has 1 aliphatic heterocycles. The van der Waals surface area contributed by atoms with E-state index < -0.39 is 0 Å². The molecule has 0 amide bonds. The number of nitrogens with zero attached hydrogens (tertiary/aromatic N) is 1. The summed E-state index contributed by atoms with van der Waals surface area (Å²) in [5.74, 6) is 0. The monoisotopic (exact) mass is 241 g/mol. The van der Waals surface area contributed by atoms with Gasteiger partial charge in [-0.15, -0.1) is 0 Å². The van der Waals surface area contributed by atoms with E-state index in [1.165, 1.54) is 57.8 Å². The van der Waals surface area contributed by atoms with Crippen molar-refractivity contribution in [3.05, 3.63) is 0 Å². The minimum Gasteiger partial charge on any atom is -0.373 e. The van der Waals surface area contributed by atoms with E-state index in [0.29, 0.717) is 6.10 Å². The van der Waals surface area contributed by atoms with E-state index in [0.717, 1.165) is 12.6 Å². The van der Waals surface area contributed by atoms with E-state index in [-0.39, 0.29) is 0 Å². The number of ether oxygens (including phenoxy) is 1. The van der Waals surface area contributed by atoms with Gasteiger partial charge in [-0.3, -0.25) is 0 Å². The van der Waals surface area contributed by atoms with Gasteiger partial charge in [0, 0.05) is 6.04 Å². The fourth-order valence-corrected chi connectivity index (χ4v) is 2.43. The van der Waals surface area contributed by atoms with Crippen molar-refractivity contribution in [2.75, 3.05) is 20.7 Å². The second-order valence-electron chi connectivity index (χ2n) is 5.72. The SMILES string of the molecule is CCCCCCCCCC(CC1CO1)N(C)C. The van der Waals surface area contributed by atoms with E-state index in [1.54, 1.807) is 0 Å². The molecule has 102 valence electrons. The van der Waals surface area contributed by atoms with Gasteiger partial charge in [0.2, 0.25) is 0 Å². The summed E-state index contributed by atoms with van der Waals surface area (Å²) >= 11 is 0. The van der Waals surface area contributed by atoms with Gasteiger partial charge < -0.3 is 9.64 Å². The molecule has 0 spiro atoms. The highest BCUT2D eigenvalue weighted by molar-refractivity contribution is 4.78. The molecule has 0 N–H and O–H groups in total. The van der Waals surface area contributed by atoms with Gasteiger partial charge in [0.05, 0.1) is 12.7 Å². The predicted octanol–water partition coefficient (Wildman–Crippen LogP) is 3.85. The highest BCUT2D eigenvalue weighted by Gasteiger charge is 2.27. The van der Waals surface area contributed by atoms with Crippen molar-refractivity contribution in [3.8, 4) is 0 Å². The fraction of sp³-hybridized carbons (Fsp3) is 1.00. The van der Waals surface area contributed by atoms with Crippen LogP contribution in [0.3, 0.4) is 0 Å². The Morgan fingerprint density at radius 3 is 2.18 bits per heavy atom. The first-order valence-electron chi connectivity index (χ1n) is 7.52. The van der Waals surface area contributed by atoms with Crippen LogP contribution in [-0.2, 0) is 4.74 Å². The van der Waals surface area contributed by atoms with Gasteiger partial charge in [0.15, 0.2) is 0 Å². The lowest BCUT2D eigenvalue weighted by atomic mass is 10.0. The number of unbranched alkanes of at least 4 members (excludes halogenated alkanes) is 6. The lowest BCUT2D eigenvalue weighted by molar-refractivity contribution is 0.235. The summed E-state index contributed by atoms with van der Waals surface area (Å²) in [5, 5.41) is 0. The van der Waals surface area contributed by atoms with Gasteiger partial charge in [0.25, 0.3) is 0 Å². The van der Waals surface area contributed by atoms with Gasteiger partial charge in [-0.25, -0.2) is 0 Å². The number of hydrogen-bond acceptors (Lipinski definition) is 2. The molecule has 1 fully saturated rings. The first-order chi connectivity index (χ1) is 8.24. The third-order valence-corrected chi connectivity index (χ3v) is 3.81. The summed E-state index contributed by atoms with van der Waals surface area (Å²) < 4.78 is 5.33. The Labute approximate surface area is 108 Å². The largest absolute Gasteiger partial charge is 0.373 e. The third-order valence-electron chi connectivity index (χ3n) is 3.81. The summed E-state index contributed by atoms with van der Waals surface area (Å²) in [7, 11) is 4.41. The molecule has 2 heteroatoms. The Balaban J connectivity index is 1.94. The van der Waals surface area contributed by atoms with E-state index in [4.69, 9.17) is 4.74 Å². The molecule has 0 aromatic heterocycles. The molecule has 0 aromatic carbocycles. The smallest absolute Gasteiger partial charge is 0.0824 e. The molecule has 0 aliphatic carbocycles. The second-order valence-corrected chi connectivity index (χ2v) is 5.72. The lowest BCUT2D eigenvalue weighted by Crippen LogP contribution is -2.29. The summed E-state index contributed by atoms with van der Waals surface area (Å²) in [5.41, 5.74) is 0. The first kappa shape index (κ1) is 15.0. The molecule has 1 saturated heterocycles. The zero-order valence-corrected chi connectivity index (χ0v) is 12.1. The van der Waals surface area contributed by atoms with Crippen LogP contribution >= 0.6 is 0 Å². The maximum Gasteiger partial charge on any atom is 0.0824 e. The quantitative estimate of drug-likeness (QED) is 0.403. The van der Waals surface area contributed by atoms with Crippen LogP contribution in [0.15, 0.2) is 0 Å². The number of rotatable bonds is 11. The predicted molar refractivity (Wildman–Crippen MR) is 74.4 cm³/mol. The Bertz CT molecular complexity index is 178. The van der Waals surface area contributed by atoms with Gasteiger partial charge in [0.1, 0.15) is 0 Å². The van der Waals surface area contributed by atoms with E-state index in [1.807, 2.05) is 0 Å². The van der Waals surface area contributed by atoms with Crippen molar-refractivity contribution in [2.24, 2.45) is 0 Å². The van der Waals surface area contributed by atoms with E-state index in [9.17, 15) is 0 Å². The topological polar surface area (TPSA) is 15.8 Å². The van der Waals surface area contributed by atoms with Crippen LogP contribution in [0.25, 0.3) is 0 Å². The highest BCUT2D eigenvalue weighted by Crippen LogP contribution is 2.21. The number of hydrogen-bond donors (Lipinski definition) is 0. The normalized spacial score (nSPS) is 20.8. The van der Waals surface area contributed by atoms with Crippen LogP contribution in [0.4, 0.5) is 0 Å². The van der Waals surface area contributed by atoms with E-state index >= 15 is 0 Å². The highest BCUT2D eigenvalue weighted by atomic mass is 16.6. The Morgan fingerprint density at radius 2 is 1.65 bits per heavy atom. The van der Waals surface area contributed by atoms with Crippen LogP contribution in [0, 0.1) is 0 Å². The average Bonchev–Trinajstić information content (AvgIpc) is 3.10. The molecule has 1 rings (SSSR count). The molecule has 0 saturated carbocycles. The summed E-state index contributed by atoms with van der Waals surface area (Å²) in [6.45, 7) is 3.28. The summed E-state index contributed by atoms with van der Waals surface area (Å²) in [4.78, 5) is 2.37. The fourth-order valence-electron chi connectivity index (χ4n) is 2.43. The zero-order valence-electron chi connectivity index (χ0n) is 12.1. The molecule has 0 radical (unpaired) electrons. The molecular formula is C15H31NO. The molecule has 0 bridgehead atoms. The lowest BCUT2D eigenvalue weighted by Gasteiger charge is -2.23. The Kier molecular flexibility index (Phi) is 7.87. The molecule has 1 heterocycles. The standard InChI is InChI=1S/C15H31NO/c1-4-5-6-7-8-9-10-11-14(16(2)3)12-15-13-17-15/h14-15H,4-13H2,1-3H3. The molecular weight excluding hydrogens is 210 g/mol. The van der Waals surface area contributed by atoms with Crippen molar-refractivity contribution < 1.29 is 4.74 Å². The maximum absolute atomic E-state index is 5.33. The van der Waals surface area contributed by atoms with Gasteiger partial charge in [-0.1, -0.05) is 51.9 Å². The van der Waals surface area contributed by atoms with Crippen molar-refractivity contribution in [2.45, 2.75) is 76.9 Å². The van der Waals surface area contributed by atoms with Crippen molar-refractivity contribution in [3.63, 3.8) is 0 Å². The van der Waals surface area contributed by atoms with Crippen LogP contribution in [0.5, 0.6) is 0 Å². The van der Waals surface area contributed by atoms with Gasteiger partial charge in [-0.2, -0.15) is 0 Å². The molecule has 2 atom stereocenters. The Morgan fingerprint density at radius 1 is 1.06 bits per heavy atom. The van der Waals surface area contributed by atoms with E-state index in [2.05, 4.69) is 25.9 Å². The minimum atomic E-state index is 0.576. The van der Waals surface area contributed by atoms with Crippen LogP contribution in [0.1, 0.15) is 64.7 Å². The van der Waals surface area contributed by atoms with Crippen molar-refractivity contribution in [1.29, 1.82) is 0 Å². The first-order valence-corrected chi connectivity index (χ1v) is 7.52. The second kappa shape index (κ2) is 8.93. The van der Waals surface area contributed by atoms with Crippen LogP contribution in [-0.4, -0.2) is 37.7 Å². The van der Waals surface area contributed by atoms with Gasteiger partial charge in [-0.05, 0) is 26.9 Å². The van der Waals surface area contributed by atoms with Crippen molar-refractivity contribution >= 4 is 0 Å². The summed E-state index contributed by atoms with van der Waals surface area (Å²) in [6, 6.07) is 0.734. The van der Waals surface area contributed by atoms with Crippen molar-refractivity contribution in [1.82, 2.24) is 4.90 Å². The number of epoxide rings is 1. The maximum atomic E-state index is 5.33. The summed E-state index contributed by atoms with van der Waals surface area (Å²) in [6.07, 6.45) is 13.0. The molecule has 0 aromatic rings. The minimum absolute atomic E-state index is 0.576. The molecule has 1 aliphatic rings. The molecule has 2 unspecified atom stereocenters. The molecule has 2 nitrogen and oxygen atoms in total. The molecule has 17 heavy (non-hydrogen) atoms. The zero-order chi connectivity index (χ0) is 12.5. The van der Waals surface area contributed by atoms with Crippen LogP contribution in [0.2, 0.25) is 0 Å². The van der Waals surface area contributed by atoms with Gasteiger partial charge >= 0.3 is 0 Å².